The van der Waals surface area contributed by atoms with E-state index in [1.807, 2.05) is 6.33 Å². The van der Waals surface area contributed by atoms with Crippen LogP contribution in [0.5, 0.6) is 0 Å². The predicted octanol–water partition coefficient (Wildman–Crippen LogP) is 1.43. The third-order valence-corrected chi connectivity index (χ3v) is 3.63. The van der Waals surface area contributed by atoms with Gasteiger partial charge in [0.15, 0.2) is 11.5 Å². The lowest BCUT2D eigenvalue weighted by atomic mass is 10.2. The molecule has 0 radical (unpaired) electrons. The van der Waals surface area contributed by atoms with Crippen LogP contribution in [-0.2, 0) is 0 Å². The normalized spacial score (nSPS) is 25.3. The number of anilines is 1. The standard InChI is InChI=1S/C10H13N5S/c11-9-8-10(13-4-12-9)15(5-14-8)6-1-2-7(16)3-6/h4-7,16H,1-3H2,(H2,11,12,13). The van der Waals surface area contributed by atoms with E-state index in [0.717, 1.165) is 24.9 Å². The highest BCUT2D eigenvalue weighted by molar-refractivity contribution is 7.80. The molecule has 3 rings (SSSR count). The number of imidazole rings is 1. The van der Waals surface area contributed by atoms with Gasteiger partial charge < -0.3 is 10.3 Å². The Labute approximate surface area is 98.5 Å². The van der Waals surface area contributed by atoms with Crippen molar-refractivity contribution >= 4 is 29.6 Å². The van der Waals surface area contributed by atoms with Crippen molar-refractivity contribution in [3.05, 3.63) is 12.7 Å². The van der Waals surface area contributed by atoms with Gasteiger partial charge in [0.1, 0.15) is 11.8 Å². The summed E-state index contributed by atoms with van der Waals surface area (Å²) < 4.78 is 2.10. The Bertz CT molecular complexity index is 523. The number of aromatic nitrogens is 4. The van der Waals surface area contributed by atoms with Gasteiger partial charge in [0.2, 0.25) is 0 Å². The summed E-state index contributed by atoms with van der Waals surface area (Å²) in [6.07, 6.45) is 6.64. The van der Waals surface area contributed by atoms with Crippen LogP contribution < -0.4 is 5.73 Å². The Morgan fingerprint density at radius 2 is 2.19 bits per heavy atom. The zero-order valence-corrected chi connectivity index (χ0v) is 9.64. The van der Waals surface area contributed by atoms with E-state index in [-0.39, 0.29) is 0 Å². The number of hydrogen-bond acceptors (Lipinski definition) is 5. The molecule has 2 aromatic heterocycles. The molecule has 0 spiro atoms. The van der Waals surface area contributed by atoms with Crippen molar-refractivity contribution in [1.82, 2.24) is 19.5 Å². The second kappa shape index (κ2) is 3.62. The first-order valence-electron chi connectivity index (χ1n) is 5.37. The molecule has 0 saturated heterocycles. The highest BCUT2D eigenvalue weighted by atomic mass is 32.1. The van der Waals surface area contributed by atoms with E-state index in [0.29, 0.717) is 22.6 Å². The fraction of sp³-hybridized carbons (Fsp3) is 0.500. The number of nitrogens with zero attached hydrogens (tertiary/aromatic N) is 4. The molecule has 0 aliphatic heterocycles. The fourth-order valence-electron chi connectivity index (χ4n) is 2.32. The third-order valence-electron chi connectivity index (χ3n) is 3.16. The highest BCUT2D eigenvalue weighted by Gasteiger charge is 2.25. The zero-order valence-electron chi connectivity index (χ0n) is 8.74. The number of hydrogen-bond donors (Lipinski definition) is 2. The molecule has 5 nitrogen and oxygen atoms in total. The zero-order chi connectivity index (χ0) is 11.1. The van der Waals surface area contributed by atoms with Gasteiger partial charge in [-0.2, -0.15) is 12.6 Å². The van der Waals surface area contributed by atoms with E-state index in [1.54, 1.807) is 0 Å². The molecule has 1 aliphatic carbocycles. The van der Waals surface area contributed by atoms with Crippen molar-refractivity contribution in [3.8, 4) is 0 Å². The maximum Gasteiger partial charge on any atom is 0.165 e. The van der Waals surface area contributed by atoms with Gasteiger partial charge in [-0.15, -0.1) is 0 Å². The van der Waals surface area contributed by atoms with Crippen molar-refractivity contribution in [1.29, 1.82) is 0 Å². The largest absolute Gasteiger partial charge is 0.382 e. The van der Waals surface area contributed by atoms with E-state index in [1.165, 1.54) is 6.33 Å². The summed E-state index contributed by atoms with van der Waals surface area (Å²) in [5, 5.41) is 0.488. The lowest BCUT2D eigenvalue weighted by molar-refractivity contribution is 0.530. The van der Waals surface area contributed by atoms with Gasteiger partial charge in [0.25, 0.3) is 0 Å². The SMILES string of the molecule is Nc1ncnc2c1ncn2C1CCC(S)C1. The van der Waals surface area contributed by atoms with Crippen molar-refractivity contribution in [2.45, 2.75) is 30.6 Å². The predicted molar refractivity (Wildman–Crippen MR) is 65.4 cm³/mol. The van der Waals surface area contributed by atoms with Crippen LogP contribution >= 0.6 is 12.6 Å². The van der Waals surface area contributed by atoms with Gasteiger partial charge in [0, 0.05) is 11.3 Å². The molecule has 1 fully saturated rings. The van der Waals surface area contributed by atoms with E-state index in [2.05, 4.69) is 32.1 Å². The molecule has 1 saturated carbocycles. The summed E-state index contributed by atoms with van der Waals surface area (Å²) in [6.45, 7) is 0. The average molecular weight is 235 g/mol. The van der Waals surface area contributed by atoms with Gasteiger partial charge in [-0.1, -0.05) is 0 Å². The number of rotatable bonds is 1. The van der Waals surface area contributed by atoms with Crippen molar-refractivity contribution < 1.29 is 0 Å². The molecule has 84 valence electrons. The second-order valence-corrected chi connectivity index (χ2v) is 4.93. The molecule has 6 heteroatoms. The summed E-state index contributed by atoms with van der Waals surface area (Å²) in [5.74, 6) is 0.448. The molecule has 2 heterocycles. The molecular formula is C10H13N5S. The van der Waals surface area contributed by atoms with E-state index in [9.17, 15) is 0 Å². The van der Waals surface area contributed by atoms with E-state index >= 15 is 0 Å². The average Bonchev–Trinajstić information content (AvgIpc) is 2.84. The smallest absolute Gasteiger partial charge is 0.165 e. The van der Waals surface area contributed by atoms with Crippen LogP contribution in [0.4, 0.5) is 5.82 Å². The Morgan fingerprint density at radius 1 is 1.31 bits per heavy atom. The third kappa shape index (κ3) is 1.44. The van der Waals surface area contributed by atoms with Gasteiger partial charge in [-0.05, 0) is 19.3 Å². The first-order valence-corrected chi connectivity index (χ1v) is 5.88. The highest BCUT2D eigenvalue weighted by Crippen LogP contribution is 2.34. The summed E-state index contributed by atoms with van der Waals surface area (Å²) in [6, 6.07) is 0.446. The second-order valence-electron chi connectivity index (χ2n) is 4.20. The first kappa shape index (κ1) is 9.89. The summed E-state index contributed by atoms with van der Waals surface area (Å²) in [7, 11) is 0. The summed E-state index contributed by atoms with van der Waals surface area (Å²) >= 11 is 4.51. The number of thiol groups is 1. The van der Waals surface area contributed by atoms with Gasteiger partial charge >= 0.3 is 0 Å². The number of fused-ring (bicyclic) bond motifs is 1. The van der Waals surface area contributed by atoms with Crippen molar-refractivity contribution in [3.63, 3.8) is 0 Å². The monoisotopic (exact) mass is 235 g/mol. The molecule has 1 aliphatic rings. The molecule has 0 aromatic carbocycles. The van der Waals surface area contributed by atoms with Crippen LogP contribution in [0, 0.1) is 0 Å². The van der Waals surface area contributed by atoms with E-state index < -0.39 is 0 Å². The van der Waals surface area contributed by atoms with Crippen LogP contribution in [0.1, 0.15) is 25.3 Å². The number of nitrogen functional groups attached to an aromatic ring is 1. The Morgan fingerprint density at radius 3 is 2.94 bits per heavy atom. The summed E-state index contributed by atoms with van der Waals surface area (Å²) in [5.41, 5.74) is 7.29. The van der Waals surface area contributed by atoms with Crippen LogP contribution in [0.3, 0.4) is 0 Å². The van der Waals surface area contributed by atoms with Gasteiger partial charge in [-0.3, -0.25) is 0 Å². The van der Waals surface area contributed by atoms with Crippen molar-refractivity contribution in [2.24, 2.45) is 0 Å². The Hall–Kier alpha value is -1.30. The van der Waals surface area contributed by atoms with E-state index in [4.69, 9.17) is 5.73 Å². The molecule has 16 heavy (non-hydrogen) atoms. The summed E-state index contributed by atoms with van der Waals surface area (Å²) in [4.78, 5) is 12.5. The van der Waals surface area contributed by atoms with Crippen LogP contribution in [0.2, 0.25) is 0 Å². The molecule has 2 atom stereocenters. The lowest BCUT2D eigenvalue weighted by Gasteiger charge is -2.11. The Balaban J connectivity index is 2.08. The molecule has 2 aromatic rings. The molecular weight excluding hydrogens is 222 g/mol. The molecule has 0 amide bonds. The fourth-order valence-corrected chi connectivity index (χ4v) is 2.72. The maximum absolute atomic E-state index is 5.75. The first-order chi connectivity index (χ1) is 7.75. The minimum Gasteiger partial charge on any atom is -0.382 e. The van der Waals surface area contributed by atoms with Crippen LogP contribution in [0.15, 0.2) is 12.7 Å². The molecule has 0 bridgehead atoms. The molecule has 2 N–H and O–H groups in total. The minimum atomic E-state index is 0.446. The topological polar surface area (TPSA) is 69.6 Å². The maximum atomic E-state index is 5.75. The van der Waals surface area contributed by atoms with Gasteiger partial charge in [0.05, 0.1) is 6.33 Å². The minimum absolute atomic E-state index is 0.446. The number of nitrogens with two attached hydrogens (primary N) is 1. The van der Waals surface area contributed by atoms with Crippen LogP contribution in [0.25, 0.3) is 11.2 Å². The van der Waals surface area contributed by atoms with Crippen LogP contribution in [-0.4, -0.2) is 24.8 Å². The Kier molecular flexibility index (Phi) is 2.24. The lowest BCUT2D eigenvalue weighted by Crippen LogP contribution is -2.05. The molecule has 2 unspecified atom stereocenters. The quantitative estimate of drug-likeness (QED) is 0.734. The van der Waals surface area contributed by atoms with Gasteiger partial charge in [-0.25, -0.2) is 15.0 Å². The van der Waals surface area contributed by atoms with Crippen molar-refractivity contribution in [2.75, 3.05) is 5.73 Å².